The van der Waals surface area contributed by atoms with Crippen LogP contribution in [0.5, 0.6) is 5.75 Å². The van der Waals surface area contributed by atoms with Crippen LogP contribution < -0.4 is 15.4 Å². The maximum Gasteiger partial charge on any atom is 0.234 e. The van der Waals surface area contributed by atoms with Crippen molar-refractivity contribution in [3.63, 3.8) is 0 Å². The van der Waals surface area contributed by atoms with Crippen molar-refractivity contribution >= 4 is 46.6 Å². The van der Waals surface area contributed by atoms with Gasteiger partial charge in [0.15, 0.2) is 11.0 Å². The average molecular weight is 508 g/mol. The second kappa shape index (κ2) is 11.1. The summed E-state index contributed by atoms with van der Waals surface area (Å²) in [5, 5.41) is 15.5. The van der Waals surface area contributed by atoms with Crippen molar-refractivity contribution < 1.29 is 14.3 Å². The van der Waals surface area contributed by atoms with E-state index < -0.39 is 0 Å². The Kier molecular flexibility index (Phi) is 7.69. The first-order valence-corrected chi connectivity index (χ1v) is 12.0. The molecule has 0 unspecified atom stereocenters. The van der Waals surface area contributed by atoms with E-state index >= 15 is 0 Å². The number of thioether (sulfide) groups is 1. The van der Waals surface area contributed by atoms with E-state index in [2.05, 4.69) is 20.8 Å². The molecule has 0 aliphatic carbocycles. The molecule has 3 aromatic carbocycles. The molecule has 4 aromatic rings. The minimum absolute atomic E-state index is 0.127. The number of ether oxygens (including phenoxy) is 1. The van der Waals surface area contributed by atoms with Gasteiger partial charge in [-0.05, 0) is 72.8 Å². The molecule has 8 nitrogen and oxygen atoms in total. The fraction of sp³-hybridized carbons (Fsp3) is 0.120. The second-order valence-corrected chi connectivity index (χ2v) is 8.82. The van der Waals surface area contributed by atoms with Crippen molar-refractivity contribution in [3.05, 3.63) is 77.8 Å². The highest BCUT2D eigenvalue weighted by Gasteiger charge is 2.17. The molecule has 0 spiro atoms. The molecule has 178 valence electrons. The average Bonchev–Trinajstić information content (AvgIpc) is 3.28. The van der Waals surface area contributed by atoms with Crippen LogP contribution in [0.15, 0.2) is 78.0 Å². The lowest BCUT2D eigenvalue weighted by molar-refractivity contribution is -0.114. The maximum atomic E-state index is 12.6. The smallest absolute Gasteiger partial charge is 0.234 e. The molecule has 2 amide bonds. The number of benzene rings is 3. The molecule has 0 saturated carbocycles. The number of rotatable bonds is 8. The van der Waals surface area contributed by atoms with E-state index in [1.54, 1.807) is 43.5 Å². The molecule has 10 heteroatoms. The SMILES string of the molecule is COc1ccc(-c2nnc(SCC(=O)Nc3ccc(NC(C)=O)cc3)n2-c2ccc(Cl)cc2)cc1. The van der Waals surface area contributed by atoms with Gasteiger partial charge in [-0.1, -0.05) is 23.4 Å². The van der Waals surface area contributed by atoms with Gasteiger partial charge < -0.3 is 15.4 Å². The standard InChI is InChI=1S/C25H22ClN5O3S/c1-16(32)27-19-7-9-20(10-8-19)28-23(33)15-35-25-30-29-24(17-3-13-22(34-2)14-4-17)31(25)21-11-5-18(26)6-12-21/h3-14H,15H2,1-2H3,(H,27,32)(H,28,33). The Hall–Kier alpha value is -3.82. The third-order valence-electron chi connectivity index (χ3n) is 4.89. The number of hydrogen-bond acceptors (Lipinski definition) is 6. The van der Waals surface area contributed by atoms with E-state index in [0.29, 0.717) is 27.4 Å². The zero-order chi connectivity index (χ0) is 24.8. The highest BCUT2D eigenvalue weighted by molar-refractivity contribution is 7.99. The van der Waals surface area contributed by atoms with Crippen LogP contribution in [0, 0.1) is 0 Å². The van der Waals surface area contributed by atoms with Gasteiger partial charge in [-0.3, -0.25) is 14.2 Å². The molecule has 1 heterocycles. The fourth-order valence-corrected chi connectivity index (χ4v) is 4.16. The Bertz CT molecular complexity index is 1320. The Balaban J connectivity index is 1.52. The van der Waals surface area contributed by atoms with Crippen LogP contribution in [0.4, 0.5) is 11.4 Å². The summed E-state index contributed by atoms with van der Waals surface area (Å²) in [5.41, 5.74) is 2.96. The molecule has 0 radical (unpaired) electrons. The van der Waals surface area contributed by atoms with E-state index in [4.69, 9.17) is 16.3 Å². The lowest BCUT2D eigenvalue weighted by Crippen LogP contribution is -2.14. The molecule has 0 saturated heterocycles. The van der Waals surface area contributed by atoms with E-state index in [1.165, 1.54) is 18.7 Å². The molecule has 0 aliphatic rings. The fourth-order valence-electron chi connectivity index (χ4n) is 3.28. The van der Waals surface area contributed by atoms with Gasteiger partial charge in [0, 0.05) is 34.6 Å². The van der Waals surface area contributed by atoms with Gasteiger partial charge in [0.25, 0.3) is 0 Å². The highest BCUT2D eigenvalue weighted by atomic mass is 35.5. The summed E-state index contributed by atoms with van der Waals surface area (Å²) in [4.78, 5) is 23.8. The van der Waals surface area contributed by atoms with Gasteiger partial charge in [-0.15, -0.1) is 10.2 Å². The zero-order valence-corrected chi connectivity index (χ0v) is 20.6. The Labute approximate surface area is 211 Å². The molecule has 2 N–H and O–H groups in total. The lowest BCUT2D eigenvalue weighted by Gasteiger charge is -2.11. The highest BCUT2D eigenvalue weighted by Crippen LogP contribution is 2.29. The van der Waals surface area contributed by atoms with Crippen LogP contribution in [-0.4, -0.2) is 39.4 Å². The molecule has 1 aromatic heterocycles. The topological polar surface area (TPSA) is 98.1 Å². The minimum Gasteiger partial charge on any atom is -0.497 e. The van der Waals surface area contributed by atoms with E-state index in [1.807, 2.05) is 41.0 Å². The zero-order valence-electron chi connectivity index (χ0n) is 19.0. The van der Waals surface area contributed by atoms with Gasteiger partial charge in [-0.25, -0.2) is 0 Å². The third-order valence-corrected chi connectivity index (χ3v) is 6.07. The summed E-state index contributed by atoms with van der Waals surface area (Å²) in [5.74, 6) is 1.15. The van der Waals surface area contributed by atoms with Gasteiger partial charge in [-0.2, -0.15) is 0 Å². The first kappa shape index (κ1) is 24.3. The number of nitrogens with one attached hydrogen (secondary N) is 2. The van der Waals surface area contributed by atoms with Gasteiger partial charge in [0.2, 0.25) is 11.8 Å². The van der Waals surface area contributed by atoms with Crippen LogP contribution in [0.25, 0.3) is 17.1 Å². The van der Waals surface area contributed by atoms with E-state index in [-0.39, 0.29) is 17.6 Å². The van der Waals surface area contributed by atoms with Gasteiger partial charge in [0.1, 0.15) is 5.75 Å². The van der Waals surface area contributed by atoms with Crippen molar-refractivity contribution in [2.45, 2.75) is 12.1 Å². The summed E-state index contributed by atoms with van der Waals surface area (Å²) >= 11 is 7.35. The normalized spacial score (nSPS) is 10.6. The molecular formula is C25H22ClN5O3S. The number of amides is 2. The summed E-state index contributed by atoms with van der Waals surface area (Å²) in [6.07, 6.45) is 0. The van der Waals surface area contributed by atoms with Crippen LogP contribution in [-0.2, 0) is 9.59 Å². The molecule has 35 heavy (non-hydrogen) atoms. The number of hydrogen-bond donors (Lipinski definition) is 2. The molecule has 4 rings (SSSR count). The van der Waals surface area contributed by atoms with Crippen molar-refractivity contribution in [2.75, 3.05) is 23.5 Å². The van der Waals surface area contributed by atoms with E-state index in [0.717, 1.165) is 17.0 Å². The van der Waals surface area contributed by atoms with Crippen LogP contribution in [0.1, 0.15) is 6.92 Å². The van der Waals surface area contributed by atoms with Crippen molar-refractivity contribution in [3.8, 4) is 22.8 Å². The third kappa shape index (κ3) is 6.20. The van der Waals surface area contributed by atoms with Crippen molar-refractivity contribution in [2.24, 2.45) is 0 Å². The quantitative estimate of drug-likeness (QED) is 0.315. The van der Waals surface area contributed by atoms with Crippen LogP contribution >= 0.6 is 23.4 Å². The monoisotopic (exact) mass is 507 g/mol. The Morgan fingerprint density at radius 3 is 2.14 bits per heavy atom. The molecule has 0 bridgehead atoms. The number of methoxy groups -OCH3 is 1. The number of carbonyl (C=O) groups is 2. The molecule has 0 fully saturated rings. The Morgan fingerprint density at radius 2 is 1.54 bits per heavy atom. The van der Waals surface area contributed by atoms with Gasteiger partial charge >= 0.3 is 0 Å². The minimum atomic E-state index is -0.195. The van der Waals surface area contributed by atoms with E-state index in [9.17, 15) is 9.59 Å². The number of carbonyl (C=O) groups excluding carboxylic acids is 2. The summed E-state index contributed by atoms with van der Waals surface area (Å²) in [6.45, 7) is 1.44. The Morgan fingerprint density at radius 1 is 0.914 bits per heavy atom. The number of aromatic nitrogens is 3. The van der Waals surface area contributed by atoms with Crippen LogP contribution in [0.3, 0.4) is 0 Å². The lowest BCUT2D eigenvalue weighted by atomic mass is 10.2. The van der Waals surface area contributed by atoms with Crippen LogP contribution in [0.2, 0.25) is 5.02 Å². The maximum absolute atomic E-state index is 12.6. The molecule has 0 atom stereocenters. The molecule has 0 aliphatic heterocycles. The summed E-state index contributed by atoms with van der Waals surface area (Å²) in [6, 6.07) is 21.8. The van der Waals surface area contributed by atoms with Crippen molar-refractivity contribution in [1.82, 2.24) is 14.8 Å². The summed E-state index contributed by atoms with van der Waals surface area (Å²) < 4.78 is 7.14. The first-order valence-electron chi connectivity index (χ1n) is 10.6. The second-order valence-electron chi connectivity index (χ2n) is 7.44. The van der Waals surface area contributed by atoms with Gasteiger partial charge in [0.05, 0.1) is 12.9 Å². The number of anilines is 2. The first-order chi connectivity index (χ1) is 16.9. The van der Waals surface area contributed by atoms with Crippen molar-refractivity contribution in [1.29, 1.82) is 0 Å². The number of halogens is 1. The summed E-state index contributed by atoms with van der Waals surface area (Å²) in [7, 11) is 1.61. The largest absolute Gasteiger partial charge is 0.497 e. The predicted molar refractivity (Wildman–Crippen MR) is 138 cm³/mol. The number of nitrogens with zero attached hydrogens (tertiary/aromatic N) is 3. The molecular weight excluding hydrogens is 486 g/mol. The predicted octanol–water partition coefficient (Wildman–Crippen LogP) is 5.29.